The molecule has 0 aliphatic carbocycles. The largest absolute Gasteiger partial charge is 0.366 e. The van der Waals surface area contributed by atoms with Crippen molar-refractivity contribution in [2.24, 2.45) is 0 Å². The molecule has 0 bridgehead atoms. The SMILES string of the molecule is O=C1CO[C@H]2CCN(C(=O)CCNS(=O)(=O)c3ccccc3Br)C[C@@H]2N1. The standard InChI is InChI=1S/C16H20BrN3O5S/c17-11-3-1-2-4-14(11)26(23,24)18-7-5-16(22)20-8-6-13-12(9-20)19-15(21)10-25-13/h1-4,12-13,18H,5-10H2,(H,19,21)/t12-,13-/m0/s1. The zero-order chi connectivity index (χ0) is 18.7. The fraction of sp³-hybridized carbons (Fsp3) is 0.500. The summed E-state index contributed by atoms with van der Waals surface area (Å²) < 4.78 is 33.0. The second-order valence-corrected chi connectivity index (χ2v) is 8.82. The van der Waals surface area contributed by atoms with E-state index >= 15 is 0 Å². The number of hydrogen-bond acceptors (Lipinski definition) is 5. The zero-order valence-electron chi connectivity index (χ0n) is 14.0. The van der Waals surface area contributed by atoms with Crippen molar-refractivity contribution in [1.29, 1.82) is 0 Å². The molecule has 3 rings (SSSR count). The van der Waals surface area contributed by atoms with Crippen LogP contribution in [0.5, 0.6) is 0 Å². The van der Waals surface area contributed by atoms with Crippen molar-refractivity contribution in [1.82, 2.24) is 14.9 Å². The van der Waals surface area contributed by atoms with Gasteiger partial charge in [0.05, 0.1) is 17.0 Å². The molecule has 2 heterocycles. The highest BCUT2D eigenvalue weighted by Gasteiger charge is 2.36. The Kier molecular flexibility index (Phi) is 5.96. The van der Waals surface area contributed by atoms with Gasteiger partial charge < -0.3 is 15.0 Å². The third-order valence-corrected chi connectivity index (χ3v) is 6.91. The molecule has 2 fully saturated rings. The van der Waals surface area contributed by atoms with E-state index in [0.29, 0.717) is 24.0 Å². The summed E-state index contributed by atoms with van der Waals surface area (Å²) in [6.07, 6.45) is 0.639. The number of benzene rings is 1. The molecule has 2 amide bonds. The highest BCUT2D eigenvalue weighted by Crippen LogP contribution is 2.21. The van der Waals surface area contributed by atoms with Crippen LogP contribution in [0.1, 0.15) is 12.8 Å². The summed E-state index contributed by atoms with van der Waals surface area (Å²) in [6.45, 7) is 0.987. The van der Waals surface area contributed by atoms with Crippen LogP contribution in [-0.4, -0.2) is 63.5 Å². The summed E-state index contributed by atoms with van der Waals surface area (Å²) in [5, 5.41) is 2.84. The monoisotopic (exact) mass is 445 g/mol. The molecule has 0 spiro atoms. The van der Waals surface area contributed by atoms with Gasteiger partial charge in [0.2, 0.25) is 21.8 Å². The Morgan fingerprint density at radius 2 is 2.15 bits per heavy atom. The van der Waals surface area contributed by atoms with Gasteiger partial charge in [-0.1, -0.05) is 12.1 Å². The first-order valence-electron chi connectivity index (χ1n) is 8.30. The van der Waals surface area contributed by atoms with Gasteiger partial charge in [0.25, 0.3) is 0 Å². The molecular formula is C16H20BrN3O5S. The molecule has 0 saturated carbocycles. The van der Waals surface area contributed by atoms with E-state index in [0.717, 1.165) is 0 Å². The lowest BCUT2D eigenvalue weighted by molar-refractivity contribution is -0.146. The van der Waals surface area contributed by atoms with Crippen LogP contribution in [0.15, 0.2) is 33.6 Å². The number of fused-ring (bicyclic) bond motifs is 1. The summed E-state index contributed by atoms with van der Waals surface area (Å²) in [4.78, 5) is 25.6. The number of ether oxygens (including phenoxy) is 1. The van der Waals surface area contributed by atoms with Crippen molar-refractivity contribution >= 4 is 37.8 Å². The summed E-state index contributed by atoms with van der Waals surface area (Å²) in [7, 11) is -3.69. The number of nitrogens with one attached hydrogen (secondary N) is 2. The predicted octanol–water partition coefficient (Wildman–Crippen LogP) is 0.233. The average molecular weight is 446 g/mol. The summed E-state index contributed by atoms with van der Waals surface area (Å²) in [6, 6.07) is 6.29. The first kappa shape index (κ1) is 19.3. The minimum absolute atomic E-state index is 0.00988. The smallest absolute Gasteiger partial charge is 0.246 e. The molecule has 2 saturated heterocycles. The van der Waals surface area contributed by atoms with E-state index in [9.17, 15) is 18.0 Å². The van der Waals surface area contributed by atoms with E-state index in [1.54, 1.807) is 23.1 Å². The topological polar surface area (TPSA) is 105 Å². The second kappa shape index (κ2) is 8.03. The molecular weight excluding hydrogens is 426 g/mol. The summed E-state index contributed by atoms with van der Waals surface area (Å²) in [5.41, 5.74) is 0. The van der Waals surface area contributed by atoms with Crippen molar-refractivity contribution < 1.29 is 22.7 Å². The van der Waals surface area contributed by atoms with Crippen LogP contribution in [0.25, 0.3) is 0 Å². The van der Waals surface area contributed by atoms with Crippen LogP contribution in [0.4, 0.5) is 0 Å². The number of halogens is 1. The summed E-state index contributed by atoms with van der Waals surface area (Å²) >= 11 is 3.21. The Morgan fingerprint density at radius 1 is 1.38 bits per heavy atom. The first-order chi connectivity index (χ1) is 12.4. The van der Waals surface area contributed by atoms with E-state index in [2.05, 4.69) is 26.0 Å². The fourth-order valence-corrected chi connectivity index (χ4v) is 5.15. The lowest BCUT2D eigenvalue weighted by Gasteiger charge is -2.41. The molecule has 1 aromatic carbocycles. The molecule has 2 atom stereocenters. The van der Waals surface area contributed by atoms with Gasteiger partial charge in [0.1, 0.15) is 6.61 Å². The molecule has 8 nitrogen and oxygen atoms in total. The van der Waals surface area contributed by atoms with Gasteiger partial charge in [-0.25, -0.2) is 13.1 Å². The maximum atomic E-state index is 12.4. The number of morpholine rings is 1. The molecule has 0 unspecified atom stereocenters. The van der Waals surface area contributed by atoms with Crippen LogP contribution < -0.4 is 10.0 Å². The van der Waals surface area contributed by atoms with Crippen molar-refractivity contribution in [3.05, 3.63) is 28.7 Å². The van der Waals surface area contributed by atoms with E-state index in [4.69, 9.17) is 4.74 Å². The maximum Gasteiger partial charge on any atom is 0.246 e. The number of sulfonamides is 1. The zero-order valence-corrected chi connectivity index (χ0v) is 16.4. The Bertz CT molecular complexity index is 801. The number of hydrogen-bond donors (Lipinski definition) is 2. The van der Waals surface area contributed by atoms with Crippen molar-refractivity contribution in [2.45, 2.75) is 29.9 Å². The number of amides is 2. The van der Waals surface area contributed by atoms with Gasteiger partial charge in [-0.05, 0) is 34.5 Å². The van der Waals surface area contributed by atoms with Crippen LogP contribution >= 0.6 is 15.9 Å². The Labute approximate surface area is 160 Å². The number of nitrogens with zero attached hydrogens (tertiary/aromatic N) is 1. The molecule has 2 N–H and O–H groups in total. The van der Waals surface area contributed by atoms with E-state index in [1.807, 2.05) is 0 Å². The van der Waals surface area contributed by atoms with Gasteiger partial charge in [-0.3, -0.25) is 9.59 Å². The van der Waals surface area contributed by atoms with Crippen molar-refractivity contribution in [3.63, 3.8) is 0 Å². The number of piperidine rings is 1. The first-order valence-corrected chi connectivity index (χ1v) is 10.6. The molecule has 2 aliphatic heterocycles. The predicted molar refractivity (Wildman–Crippen MR) is 96.8 cm³/mol. The summed E-state index contributed by atoms with van der Waals surface area (Å²) in [5.74, 6) is -0.333. The highest BCUT2D eigenvalue weighted by atomic mass is 79.9. The van der Waals surface area contributed by atoms with Gasteiger partial charge in [0, 0.05) is 30.5 Å². The lowest BCUT2D eigenvalue weighted by Crippen LogP contribution is -2.61. The number of likely N-dealkylation sites (tertiary alicyclic amines) is 1. The van der Waals surface area contributed by atoms with Crippen molar-refractivity contribution in [2.75, 3.05) is 26.2 Å². The third kappa shape index (κ3) is 4.43. The Morgan fingerprint density at radius 3 is 2.92 bits per heavy atom. The molecule has 1 aromatic rings. The molecule has 0 radical (unpaired) electrons. The van der Waals surface area contributed by atoms with Crippen LogP contribution in [0.2, 0.25) is 0 Å². The minimum atomic E-state index is -3.69. The average Bonchev–Trinajstić information content (AvgIpc) is 2.61. The molecule has 2 aliphatic rings. The van der Waals surface area contributed by atoms with Gasteiger partial charge in [0.15, 0.2) is 0 Å². The Hall–Kier alpha value is -1.49. The normalized spacial score (nSPS) is 23.3. The number of rotatable bonds is 5. The van der Waals surface area contributed by atoms with E-state index in [-0.39, 0.29) is 48.4 Å². The van der Waals surface area contributed by atoms with Crippen molar-refractivity contribution in [3.8, 4) is 0 Å². The second-order valence-electron chi connectivity index (χ2n) is 6.23. The van der Waals surface area contributed by atoms with E-state index < -0.39 is 10.0 Å². The third-order valence-electron chi connectivity index (χ3n) is 4.43. The minimum Gasteiger partial charge on any atom is -0.366 e. The van der Waals surface area contributed by atoms with Crippen LogP contribution in [-0.2, 0) is 24.3 Å². The van der Waals surface area contributed by atoms with E-state index in [1.165, 1.54) is 6.07 Å². The molecule has 142 valence electrons. The maximum absolute atomic E-state index is 12.4. The van der Waals surface area contributed by atoms with Crippen LogP contribution in [0.3, 0.4) is 0 Å². The van der Waals surface area contributed by atoms with Gasteiger partial charge in [-0.2, -0.15) is 0 Å². The molecule has 26 heavy (non-hydrogen) atoms. The lowest BCUT2D eigenvalue weighted by atomic mass is 10.0. The molecule has 0 aromatic heterocycles. The van der Waals surface area contributed by atoms with Gasteiger partial charge in [-0.15, -0.1) is 0 Å². The Balaban J connectivity index is 1.51. The number of carbonyl (C=O) groups excluding carboxylic acids is 2. The highest BCUT2D eigenvalue weighted by molar-refractivity contribution is 9.10. The quantitative estimate of drug-likeness (QED) is 0.674. The van der Waals surface area contributed by atoms with Gasteiger partial charge >= 0.3 is 0 Å². The molecule has 10 heteroatoms. The number of carbonyl (C=O) groups is 2. The van der Waals surface area contributed by atoms with Crippen LogP contribution in [0, 0.1) is 0 Å². The fourth-order valence-electron chi connectivity index (χ4n) is 3.12.